The molecule has 1 unspecified atom stereocenters. The quantitative estimate of drug-likeness (QED) is 0.212. The maximum atomic E-state index is 13.4. The summed E-state index contributed by atoms with van der Waals surface area (Å²) in [7, 11) is 1.30. The molecule has 2 amide bonds. The fraction of sp³-hybridized carbons (Fsp3) is 0.710. The van der Waals surface area contributed by atoms with Crippen LogP contribution in [0, 0.1) is 47.3 Å². The highest BCUT2D eigenvalue weighted by Gasteiger charge is 2.39. The van der Waals surface area contributed by atoms with Crippen molar-refractivity contribution in [1.82, 2.24) is 15.5 Å². The van der Waals surface area contributed by atoms with Gasteiger partial charge >= 0.3 is 5.97 Å². The van der Waals surface area contributed by atoms with Gasteiger partial charge in [-0.25, -0.2) is 0 Å². The van der Waals surface area contributed by atoms with Crippen LogP contribution in [-0.4, -0.2) is 47.9 Å². The van der Waals surface area contributed by atoms with E-state index in [1.807, 2.05) is 0 Å². The predicted octanol–water partition coefficient (Wildman–Crippen LogP) is 4.67. The van der Waals surface area contributed by atoms with Gasteiger partial charge in [-0.2, -0.15) is 5.10 Å². The molecule has 2 aliphatic carbocycles. The summed E-state index contributed by atoms with van der Waals surface area (Å²) in [5, 5.41) is 12.7. The van der Waals surface area contributed by atoms with E-state index in [4.69, 9.17) is 5.73 Å². The minimum atomic E-state index is -0.458. The van der Waals surface area contributed by atoms with Gasteiger partial charge in [0.1, 0.15) is 12.4 Å². The Kier molecular flexibility index (Phi) is 12.4. The largest absolute Gasteiger partial charge is 0.468 e. The molecule has 0 bridgehead atoms. The molecule has 2 fully saturated rings. The van der Waals surface area contributed by atoms with E-state index in [9.17, 15) is 14.4 Å². The number of aliphatic imine (C=N–C) groups is 1. The van der Waals surface area contributed by atoms with Gasteiger partial charge in [0.2, 0.25) is 11.8 Å². The lowest BCUT2D eigenvalue weighted by molar-refractivity contribution is -0.138. The number of hydrogen-bond donors (Lipinski definition) is 4. The zero-order valence-electron chi connectivity index (χ0n) is 25.4. The molecule has 2 saturated carbocycles. The van der Waals surface area contributed by atoms with Crippen LogP contribution in [0.2, 0.25) is 0 Å². The first-order valence-corrected chi connectivity index (χ1v) is 15.2. The molecular formula is C31H50N6O4. The van der Waals surface area contributed by atoms with Crippen LogP contribution < -0.4 is 16.4 Å². The lowest BCUT2D eigenvalue weighted by atomic mass is 9.66. The number of nitrogens with one attached hydrogen (secondary N) is 3. The van der Waals surface area contributed by atoms with Gasteiger partial charge in [0, 0.05) is 30.3 Å². The molecule has 0 radical (unpaired) electrons. The van der Waals surface area contributed by atoms with E-state index in [0.717, 1.165) is 51.4 Å². The van der Waals surface area contributed by atoms with Crippen LogP contribution in [0.5, 0.6) is 0 Å². The van der Waals surface area contributed by atoms with E-state index in [1.165, 1.54) is 19.5 Å². The first-order valence-electron chi connectivity index (χ1n) is 15.2. The van der Waals surface area contributed by atoms with E-state index in [2.05, 4.69) is 58.3 Å². The maximum Gasteiger partial charge on any atom is 0.327 e. The van der Waals surface area contributed by atoms with Crippen molar-refractivity contribution >= 4 is 29.8 Å². The first-order chi connectivity index (χ1) is 19.6. The molecule has 1 aromatic heterocycles. The van der Waals surface area contributed by atoms with E-state index in [-0.39, 0.29) is 30.2 Å². The van der Waals surface area contributed by atoms with E-state index in [0.29, 0.717) is 47.0 Å². The van der Waals surface area contributed by atoms with Gasteiger partial charge in [0.05, 0.1) is 19.0 Å². The molecule has 0 aliphatic heterocycles. The Bertz CT molecular complexity index is 1050. The Hall–Kier alpha value is -3.17. The van der Waals surface area contributed by atoms with Crippen LogP contribution in [0.3, 0.4) is 0 Å². The van der Waals surface area contributed by atoms with Crippen LogP contribution in [0.4, 0.5) is 5.82 Å². The van der Waals surface area contributed by atoms with Crippen molar-refractivity contribution in [2.75, 3.05) is 19.0 Å². The summed E-state index contributed by atoms with van der Waals surface area (Å²) in [6, 6.07) is 1.78. The van der Waals surface area contributed by atoms with Crippen LogP contribution in [-0.2, 0) is 19.1 Å². The number of aromatic amines is 1. The average Bonchev–Trinajstić information content (AvgIpc) is 3.47. The van der Waals surface area contributed by atoms with Crippen LogP contribution >= 0.6 is 0 Å². The molecule has 10 nitrogen and oxygen atoms in total. The van der Waals surface area contributed by atoms with Gasteiger partial charge in [-0.1, -0.05) is 53.4 Å². The zero-order valence-corrected chi connectivity index (χ0v) is 25.4. The second kappa shape index (κ2) is 15.7. The number of esters is 1. The molecule has 0 spiro atoms. The summed E-state index contributed by atoms with van der Waals surface area (Å²) >= 11 is 0. The number of rotatable bonds is 12. The Morgan fingerprint density at radius 2 is 1.85 bits per heavy atom. The smallest absolute Gasteiger partial charge is 0.327 e. The summed E-state index contributed by atoms with van der Waals surface area (Å²) in [5.41, 5.74) is 6.11. The molecule has 1 aromatic rings. The molecule has 41 heavy (non-hydrogen) atoms. The van der Waals surface area contributed by atoms with Crippen LogP contribution in [0.25, 0.3) is 0 Å². The highest BCUT2D eigenvalue weighted by Crippen LogP contribution is 2.43. The molecule has 10 heteroatoms. The number of nitrogens with zero attached hydrogens (tertiary/aromatic N) is 2. The second-order valence-corrected chi connectivity index (χ2v) is 12.6. The molecule has 2 aliphatic rings. The van der Waals surface area contributed by atoms with Crippen molar-refractivity contribution in [2.24, 2.45) is 58.1 Å². The minimum absolute atomic E-state index is 0.00503. The van der Waals surface area contributed by atoms with Crippen molar-refractivity contribution in [3.63, 3.8) is 0 Å². The number of hydrogen-bond acceptors (Lipinski definition) is 7. The average molecular weight is 571 g/mol. The van der Waals surface area contributed by atoms with Crippen molar-refractivity contribution < 1.29 is 19.1 Å². The Balaban J connectivity index is 1.59. The summed E-state index contributed by atoms with van der Waals surface area (Å²) in [5.74, 6) is 2.58. The molecule has 5 N–H and O–H groups in total. The van der Waals surface area contributed by atoms with Crippen molar-refractivity contribution in [2.45, 2.75) is 79.1 Å². The number of H-pyrrole nitrogens is 1. The molecule has 1 heterocycles. The van der Waals surface area contributed by atoms with Crippen LogP contribution in [0.1, 0.15) is 79.1 Å². The Labute approximate surface area is 244 Å². The summed E-state index contributed by atoms with van der Waals surface area (Å²) in [4.78, 5) is 42.0. The number of methoxy groups -OCH3 is 1. The number of anilines is 1. The topological polar surface area (TPSA) is 152 Å². The number of ether oxygens (including phenoxy) is 1. The number of carbonyl (C=O) groups excluding carboxylic acids is 3. The zero-order chi connectivity index (χ0) is 29.9. The van der Waals surface area contributed by atoms with E-state index >= 15 is 0 Å². The molecule has 228 valence electrons. The van der Waals surface area contributed by atoms with Gasteiger partial charge in [-0.3, -0.25) is 24.5 Å². The summed E-state index contributed by atoms with van der Waals surface area (Å²) in [6.45, 7) is 8.78. The highest BCUT2D eigenvalue weighted by atomic mass is 16.5. The third kappa shape index (κ3) is 9.43. The standard InChI is InChI=1S/C31H50N6O4/c1-19(2)24-11-9-22(15-27(24)30(39)35-23(16-32)17-33-18-29(38)41-5)8-7-21(4)25-10-6-20(3)14-26(25)31(40)36-28-12-13-34-37-28/h12-13,16-17,19-22,24-27H,6-11,14-15,18,32H2,1-5H3,(H,35,39)(H2,34,36,37,40)/t20-,21?,22-,24+,25+,26-,27-/m1/s1. The monoisotopic (exact) mass is 570 g/mol. The fourth-order valence-electron chi connectivity index (χ4n) is 6.93. The van der Waals surface area contributed by atoms with Crippen molar-refractivity contribution in [3.05, 3.63) is 24.2 Å². The second-order valence-electron chi connectivity index (χ2n) is 12.6. The number of allylic oxidation sites excluding steroid dienone is 1. The Morgan fingerprint density at radius 3 is 2.51 bits per heavy atom. The SMILES string of the molecule is COC(=O)CN=CC(=CN)NC(=O)[C@@H]1C[C@H](CCC(C)[C@@H]2CC[C@@H](C)C[C@H]2C(=O)Nc2ccn[nH]2)CC[C@H]1C(C)C. The highest BCUT2D eigenvalue weighted by molar-refractivity contribution is 5.92. The fourth-order valence-corrected chi connectivity index (χ4v) is 6.93. The molecule has 3 rings (SSSR count). The van der Waals surface area contributed by atoms with Gasteiger partial charge in [0.15, 0.2) is 0 Å². The minimum Gasteiger partial charge on any atom is -0.468 e. The lowest BCUT2D eigenvalue weighted by Gasteiger charge is -2.40. The number of amides is 2. The number of nitrogens with two attached hydrogens (primary N) is 1. The van der Waals surface area contributed by atoms with Gasteiger partial charge in [-0.15, -0.1) is 0 Å². The maximum absolute atomic E-state index is 13.4. The lowest BCUT2D eigenvalue weighted by Crippen LogP contribution is -2.41. The third-order valence-corrected chi connectivity index (χ3v) is 9.35. The predicted molar refractivity (Wildman–Crippen MR) is 161 cm³/mol. The molecule has 0 saturated heterocycles. The van der Waals surface area contributed by atoms with Gasteiger partial charge in [0.25, 0.3) is 0 Å². The van der Waals surface area contributed by atoms with Gasteiger partial charge < -0.3 is 21.1 Å². The summed E-state index contributed by atoms with van der Waals surface area (Å²) in [6.07, 6.45) is 12.6. The first kappa shape index (κ1) is 32.3. The third-order valence-electron chi connectivity index (χ3n) is 9.35. The van der Waals surface area contributed by atoms with E-state index in [1.54, 1.807) is 12.3 Å². The number of carbonyl (C=O) groups is 3. The van der Waals surface area contributed by atoms with Crippen molar-refractivity contribution in [1.29, 1.82) is 0 Å². The number of aromatic nitrogens is 2. The molecular weight excluding hydrogens is 520 g/mol. The van der Waals surface area contributed by atoms with Crippen molar-refractivity contribution in [3.8, 4) is 0 Å². The molecule has 0 aromatic carbocycles. The van der Waals surface area contributed by atoms with E-state index < -0.39 is 5.97 Å². The molecule has 7 atom stereocenters. The Morgan fingerprint density at radius 1 is 1.12 bits per heavy atom. The normalized spacial score (nSPS) is 27.9. The summed E-state index contributed by atoms with van der Waals surface area (Å²) < 4.78 is 4.60. The van der Waals surface area contributed by atoms with Gasteiger partial charge in [-0.05, 0) is 61.2 Å². The van der Waals surface area contributed by atoms with Crippen LogP contribution in [0.15, 0.2) is 29.2 Å².